The topological polar surface area (TPSA) is 411 Å². The van der Waals surface area contributed by atoms with Gasteiger partial charge in [-0.2, -0.15) is 0 Å². The van der Waals surface area contributed by atoms with E-state index < -0.39 is 58.6 Å². The maximum Gasteiger partial charge on any atom is 0.321 e. The maximum atomic E-state index is 14.4. The van der Waals surface area contributed by atoms with Crippen LogP contribution in [-0.2, 0) is 40.1 Å². The molecule has 0 spiro atoms. The Kier molecular flexibility index (Phi) is 28.9. The molecule has 6 amide bonds. The molecule has 1 fully saturated rings. The van der Waals surface area contributed by atoms with E-state index in [2.05, 4.69) is 52.8 Å². The Bertz CT molecular complexity index is 2970. The predicted octanol–water partition coefficient (Wildman–Crippen LogP) is -1.24. The van der Waals surface area contributed by atoms with Crippen molar-refractivity contribution in [3.8, 4) is 5.75 Å². The Morgan fingerprint density at radius 1 is 0.552 bits per heavy atom. The van der Waals surface area contributed by atoms with E-state index in [0.717, 1.165) is 11.3 Å². The molecule has 87 heavy (non-hydrogen) atoms. The third-order valence-electron chi connectivity index (χ3n) is 13.9. The summed E-state index contributed by atoms with van der Waals surface area (Å²) in [5, 5.41) is 63.7. The molecule has 1 saturated heterocycles. The van der Waals surface area contributed by atoms with Crippen molar-refractivity contribution in [3.63, 3.8) is 0 Å². The second-order valence-electron chi connectivity index (χ2n) is 20.6. The van der Waals surface area contributed by atoms with Crippen molar-refractivity contribution in [2.75, 3.05) is 140 Å². The summed E-state index contributed by atoms with van der Waals surface area (Å²) in [7, 11) is 0. The first-order chi connectivity index (χ1) is 41.8. The van der Waals surface area contributed by atoms with Crippen LogP contribution in [0.2, 0.25) is 0 Å². The standard InChI is InChI=1S/C58H81N15O14/c1-2-45(75)61-23-25-66-58(87)69-57(59)65-19-6-10-44(55(85)67-34-39-11-17-43(74)18-12-39)68-56(86)50(40-8-4-3-5-9-40)41-13-15-42(16-14-41)60-20-7-21-63-51-52(54(84)53(51)83)64-24-22-62-46(76)35-70-26-28-71(36-47(77)78)30-32-73(38-49(81)82)33-31-72(29-27-70)37-48(79)80/h3-5,8-9,11-18,44,50,60,63-64,74H,2,6-7,10,19-38H2,1H3,(H,61,75)(H,62,76)(H,67,85)(H,68,86)(H,77,78)(H,79,80)(H,81,82)(H4,59,65,66,69,87)/t44-,50?/m1/s1. The highest BCUT2D eigenvalue weighted by molar-refractivity contribution is 5.95. The molecular weight excluding hydrogens is 1130 g/mol. The van der Waals surface area contributed by atoms with E-state index in [9.17, 15) is 68.4 Å². The summed E-state index contributed by atoms with van der Waals surface area (Å²) in [6.45, 7) is 4.29. The number of nitrogens with one attached hydrogen (secondary N) is 9. The molecular formula is C58H81N15O14. The Morgan fingerprint density at radius 2 is 1.05 bits per heavy atom. The molecule has 472 valence electrons. The number of urea groups is 1. The molecule has 1 aliphatic heterocycles. The van der Waals surface area contributed by atoms with Gasteiger partial charge < -0.3 is 68.7 Å². The molecule has 1 unspecified atom stereocenters. The molecule has 4 aromatic carbocycles. The summed E-state index contributed by atoms with van der Waals surface area (Å²) < 4.78 is 0. The number of benzene rings is 3. The maximum absolute atomic E-state index is 14.4. The van der Waals surface area contributed by atoms with Crippen molar-refractivity contribution in [1.29, 1.82) is 0 Å². The Hall–Kier alpha value is -9.19. The lowest BCUT2D eigenvalue weighted by Crippen LogP contribution is -2.50. The highest BCUT2D eigenvalue weighted by Gasteiger charge is 2.29. The zero-order valence-electron chi connectivity index (χ0n) is 48.8. The second kappa shape index (κ2) is 36.6. The Morgan fingerprint density at radius 3 is 1.60 bits per heavy atom. The summed E-state index contributed by atoms with van der Waals surface area (Å²) in [5.41, 5.74) is 7.54. The fourth-order valence-electron chi connectivity index (χ4n) is 9.28. The van der Waals surface area contributed by atoms with Gasteiger partial charge in [0, 0.05) is 117 Å². The second-order valence-corrected chi connectivity index (χ2v) is 20.6. The third kappa shape index (κ3) is 25.1. The minimum Gasteiger partial charge on any atom is -0.508 e. The lowest BCUT2D eigenvalue weighted by Gasteiger charge is -2.32. The number of anilines is 3. The van der Waals surface area contributed by atoms with Crippen molar-refractivity contribution in [1.82, 2.24) is 51.5 Å². The number of carboxylic acids is 3. The zero-order chi connectivity index (χ0) is 63.1. The molecule has 0 radical (unpaired) electrons. The number of aliphatic carboxylic acids is 3. The molecule has 15 N–H and O–H groups in total. The van der Waals surface area contributed by atoms with Crippen LogP contribution in [-0.4, -0.2) is 224 Å². The minimum absolute atomic E-state index is 0.0682. The Balaban J connectivity index is 1.11. The molecule has 0 saturated carbocycles. The molecule has 2 atom stereocenters. The van der Waals surface area contributed by atoms with Crippen LogP contribution in [0.25, 0.3) is 0 Å². The molecule has 4 aromatic rings. The minimum atomic E-state index is -1.07. The summed E-state index contributed by atoms with van der Waals surface area (Å²) in [6, 6.07) is 21.0. The van der Waals surface area contributed by atoms with Gasteiger partial charge in [-0.05, 0) is 60.2 Å². The van der Waals surface area contributed by atoms with Crippen molar-refractivity contribution >= 4 is 70.6 Å². The third-order valence-corrected chi connectivity index (χ3v) is 13.9. The first-order valence-corrected chi connectivity index (χ1v) is 28.8. The molecule has 1 aliphatic rings. The number of aliphatic imine (C=N–C) groups is 1. The fourth-order valence-corrected chi connectivity index (χ4v) is 9.28. The SMILES string of the molecule is CCC(=O)NCCNC(=O)NC(N)=NCCC[C@@H](NC(=O)C(c1ccccc1)c1ccc(NCCCNc2c(NCCNC(=O)CN3CCN(CC(=O)O)CCN(CC(=O)O)CCN(CC(=O)O)CC3)c(=O)c2=O)cc1)C(=O)NCc1ccc(O)cc1. The molecule has 0 bridgehead atoms. The number of guanidine groups is 1. The van der Waals surface area contributed by atoms with Crippen LogP contribution >= 0.6 is 0 Å². The number of carbonyl (C=O) groups is 8. The first kappa shape index (κ1) is 68.6. The van der Waals surface area contributed by atoms with Crippen LogP contribution in [0.15, 0.2) is 93.4 Å². The summed E-state index contributed by atoms with van der Waals surface area (Å²) in [4.78, 5) is 136. The van der Waals surface area contributed by atoms with Gasteiger partial charge >= 0.3 is 23.9 Å². The van der Waals surface area contributed by atoms with Gasteiger partial charge in [0.15, 0.2) is 5.96 Å². The average molecular weight is 1210 g/mol. The van der Waals surface area contributed by atoms with E-state index in [-0.39, 0.29) is 166 Å². The van der Waals surface area contributed by atoms with Gasteiger partial charge in [0.1, 0.15) is 23.2 Å². The fraction of sp³-hybridized carbons (Fsp3) is 0.466. The van der Waals surface area contributed by atoms with Crippen LogP contribution in [0.3, 0.4) is 0 Å². The number of carboxylic acid groups (broad SMARTS) is 3. The number of hydrogen-bond acceptors (Lipinski definition) is 19. The van der Waals surface area contributed by atoms with E-state index in [1.54, 1.807) is 50.8 Å². The normalized spacial score (nSPS) is 14.7. The van der Waals surface area contributed by atoms with Crippen LogP contribution in [0.1, 0.15) is 55.2 Å². The van der Waals surface area contributed by atoms with E-state index in [1.807, 2.05) is 42.5 Å². The Labute approximate surface area is 503 Å². The lowest BCUT2D eigenvalue weighted by atomic mass is 9.90. The zero-order valence-corrected chi connectivity index (χ0v) is 48.8. The number of hydrogen-bond donors (Lipinski definition) is 14. The number of carbonyl (C=O) groups excluding carboxylic acids is 5. The number of phenolic OH excluding ortho intramolecular Hbond substituents is 1. The van der Waals surface area contributed by atoms with E-state index in [4.69, 9.17) is 5.73 Å². The van der Waals surface area contributed by atoms with Crippen molar-refractivity contribution in [2.24, 2.45) is 10.7 Å². The van der Waals surface area contributed by atoms with Crippen LogP contribution in [0, 0.1) is 0 Å². The van der Waals surface area contributed by atoms with Crippen LogP contribution in [0.4, 0.5) is 21.9 Å². The quantitative estimate of drug-likeness (QED) is 0.0115. The van der Waals surface area contributed by atoms with Gasteiger partial charge in [0.05, 0.1) is 32.1 Å². The van der Waals surface area contributed by atoms with Gasteiger partial charge in [0.25, 0.3) is 10.9 Å². The van der Waals surface area contributed by atoms with Gasteiger partial charge in [-0.3, -0.25) is 73.1 Å². The molecule has 29 nitrogen and oxygen atoms in total. The van der Waals surface area contributed by atoms with Crippen molar-refractivity contribution in [3.05, 3.63) is 116 Å². The molecule has 0 aliphatic carbocycles. The van der Waals surface area contributed by atoms with E-state index in [1.165, 1.54) is 12.1 Å². The number of nitrogens with two attached hydrogens (primary N) is 1. The molecule has 5 rings (SSSR count). The molecule has 0 aromatic heterocycles. The first-order valence-electron chi connectivity index (χ1n) is 28.8. The molecule has 1 heterocycles. The van der Waals surface area contributed by atoms with Crippen molar-refractivity contribution < 1.29 is 58.8 Å². The van der Waals surface area contributed by atoms with Gasteiger partial charge in [-0.1, -0.05) is 61.5 Å². The lowest BCUT2D eigenvalue weighted by molar-refractivity contribution is -0.140. The number of nitrogens with zero attached hydrogens (tertiary/aromatic N) is 5. The van der Waals surface area contributed by atoms with Crippen LogP contribution < -0.4 is 64.4 Å². The predicted molar refractivity (Wildman–Crippen MR) is 325 cm³/mol. The molecule has 29 heteroatoms. The van der Waals surface area contributed by atoms with Gasteiger partial charge in [-0.25, -0.2) is 4.79 Å². The number of rotatable bonds is 33. The largest absolute Gasteiger partial charge is 0.508 e. The van der Waals surface area contributed by atoms with Gasteiger partial charge in [-0.15, -0.1) is 0 Å². The highest BCUT2D eigenvalue weighted by Crippen LogP contribution is 2.27. The monoisotopic (exact) mass is 1210 g/mol. The van der Waals surface area contributed by atoms with Crippen molar-refractivity contribution in [2.45, 2.75) is 51.1 Å². The van der Waals surface area contributed by atoms with Gasteiger partial charge in [0.2, 0.25) is 23.6 Å². The summed E-state index contributed by atoms with van der Waals surface area (Å²) in [6.07, 6.45) is 1.27. The highest BCUT2D eigenvalue weighted by atomic mass is 16.4. The van der Waals surface area contributed by atoms with E-state index >= 15 is 0 Å². The van der Waals surface area contributed by atoms with E-state index in [0.29, 0.717) is 37.1 Å². The summed E-state index contributed by atoms with van der Waals surface area (Å²) in [5.74, 6) is -5.55. The van der Waals surface area contributed by atoms with Crippen LogP contribution in [0.5, 0.6) is 5.75 Å². The average Bonchev–Trinajstić information content (AvgIpc) is 1.09. The number of aromatic hydroxyl groups is 1. The number of phenols is 1. The smallest absolute Gasteiger partial charge is 0.321 e. The summed E-state index contributed by atoms with van der Waals surface area (Å²) >= 11 is 0. The number of amides is 6.